The lowest BCUT2D eigenvalue weighted by molar-refractivity contribution is 0.721. The van der Waals surface area contributed by atoms with Gasteiger partial charge < -0.3 is 0 Å². The average molecular weight is 221 g/mol. The van der Waals surface area contributed by atoms with Gasteiger partial charge in [0, 0.05) is 17.3 Å². The minimum absolute atomic E-state index is 0.233. The molecule has 0 bridgehead atoms. The van der Waals surface area contributed by atoms with Crippen LogP contribution in [0.4, 0.5) is 0 Å². The summed E-state index contributed by atoms with van der Waals surface area (Å²) >= 11 is 1.62. The van der Waals surface area contributed by atoms with E-state index < -0.39 is 0 Å². The molecule has 0 fully saturated rings. The Hall–Kier alpha value is -1.49. The van der Waals surface area contributed by atoms with E-state index in [2.05, 4.69) is 9.97 Å². The number of hydrogen-bond acceptors (Lipinski definition) is 4. The first-order chi connectivity index (χ1) is 7.16. The van der Waals surface area contributed by atoms with Gasteiger partial charge in [-0.2, -0.15) is 0 Å². The van der Waals surface area contributed by atoms with E-state index in [-0.39, 0.29) is 5.69 Å². The standard InChI is InChI=1S/C10H11N3OS/c1-7-8(2)15-9(12-7)6-13-5-3-4-11-10(13)14/h3-5H,6H2,1-2H3. The van der Waals surface area contributed by atoms with Gasteiger partial charge in [0.05, 0.1) is 12.2 Å². The quantitative estimate of drug-likeness (QED) is 0.769. The highest BCUT2D eigenvalue weighted by Gasteiger charge is 2.04. The van der Waals surface area contributed by atoms with Crippen LogP contribution < -0.4 is 5.69 Å². The summed E-state index contributed by atoms with van der Waals surface area (Å²) in [5.74, 6) is 0. The number of hydrogen-bond donors (Lipinski definition) is 0. The van der Waals surface area contributed by atoms with Crippen molar-refractivity contribution in [2.45, 2.75) is 20.4 Å². The Labute approximate surface area is 91.3 Å². The van der Waals surface area contributed by atoms with Crippen LogP contribution in [0, 0.1) is 13.8 Å². The first kappa shape index (κ1) is 10.0. The van der Waals surface area contributed by atoms with Crippen LogP contribution in [0.5, 0.6) is 0 Å². The molecule has 0 atom stereocenters. The van der Waals surface area contributed by atoms with Gasteiger partial charge in [0.25, 0.3) is 0 Å². The lowest BCUT2D eigenvalue weighted by atomic mass is 10.4. The first-order valence-corrected chi connectivity index (χ1v) is 5.43. The minimum atomic E-state index is -0.233. The molecule has 0 amide bonds. The van der Waals surface area contributed by atoms with Crippen LogP contribution in [0.3, 0.4) is 0 Å². The predicted octanol–water partition coefficient (Wildman–Crippen LogP) is 1.36. The highest BCUT2D eigenvalue weighted by atomic mass is 32.1. The highest BCUT2D eigenvalue weighted by molar-refractivity contribution is 7.11. The molecule has 0 unspecified atom stereocenters. The SMILES string of the molecule is Cc1nc(Cn2cccnc2=O)sc1C. The third-order valence-electron chi connectivity index (χ3n) is 2.16. The maximum Gasteiger partial charge on any atom is 0.347 e. The number of aryl methyl sites for hydroxylation is 2. The molecule has 0 N–H and O–H groups in total. The molecule has 0 aliphatic carbocycles. The van der Waals surface area contributed by atoms with E-state index in [9.17, 15) is 4.79 Å². The molecule has 0 aromatic carbocycles. The number of rotatable bonds is 2. The Balaban J connectivity index is 2.30. The van der Waals surface area contributed by atoms with Crippen molar-refractivity contribution in [2.75, 3.05) is 0 Å². The van der Waals surface area contributed by atoms with Crippen molar-refractivity contribution in [1.82, 2.24) is 14.5 Å². The molecule has 0 saturated heterocycles. The van der Waals surface area contributed by atoms with Crippen LogP contribution in [0.25, 0.3) is 0 Å². The van der Waals surface area contributed by atoms with Crippen molar-refractivity contribution in [1.29, 1.82) is 0 Å². The van der Waals surface area contributed by atoms with E-state index in [1.807, 2.05) is 13.8 Å². The van der Waals surface area contributed by atoms with Gasteiger partial charge in [-0.25, -0.2) is 14.8 Å². The zero-order chi connectivity index (χ0) is 10.8. The number of thiazole rings is 1. The molecular formula is C10H11N3OS. The van der Waals surface area contributed by atoms with E-state index >= 15 is 0 Å². The van der Waals surface area contributed by atoms with Crippen LogP contribution in [-0.4, -0.2) is 14.5 Å². The average Bonchev–Trinajstić information content (AvgIpc) is 2.50. The molecule has 2 aromatic heterocycles. The number of aromatic nitrogens is 3. The second-order valence-corrected chi connectivity index (χ2v) is 4.57. The molecule has 0 aliphatic rings. The summed E-state index contributed by atoms with van der Waals surface area (Å²) < 4.78 is 1.55. The van der Waals surface area contributed by atoms with E-state index in [1.165, 1.54) is 11.1 Å². The molecule has 78 valence electrons. The fourth-order valence-corrected chi connectivity index (χ4v) is 2.19. The Kier molecular flexibility index (Phi) is 2.64. The molecule has 2 heterocycles. The largest absolute Gasteiger partial charge is 0.347 e. The van der Waals surface area contributed by atoms with Crippen LogP contribution >= 0.6 is 11.3 Å². The second-order valence-electron chi connectivity index (χ2n) is 3.28. The predicted molar refractivity (Wildman–Crippen MR) is 59.2 cm³/mol. The summed E-state index contributed by atoms with van der Waals surface area (Å²) in [5.41, 5.74) is 0.801. The summed E-state index contributed by atoms with van der Waals surface area (Å²) in [5, 5.41) is 0.945. The summed E-state index contributed by atoms with van der Waals surface area (Å²) in [6.45, 7) is 4.51. The lowest BCUT2D eigenvalue weighted by Gasteiger charge is -1.99. The zero-order valence-electron chi connectivity index (χ0n) is 8.60. The third-order valence-corrected chi connectivity index (χ3v) is 3.22. The molecule has 5 heteroatoms. The van der Waals surface area contributed by atoms with Crippen molar-refractivity contribution in [3.63, 3.8) is 0 Å². The molecule has 2 rings (SSSR count). The van der Waals surface area contributed by atoms with Crippen molar-refractivity contribution >= 4 is 11.3 Å². The summed E-state index contributed by atoms with van der Waals surface area (Å²) in [6.07, 6.45) is 3.22. The molecule has 0 aliphatic heterocycles. The first-order valence-electron chi connectivity index (χ1n) is 4.61. The van der Waals surface area contributed by atoms with Crippen LogP contribution in [-0.2, 0) is 6.54 Å². The van der Waals surface area contributed by atoms with Gasteiger partial charge in [-0.1, -0.05) is 0 Å². The third kappa shape index (κ3) is 2.12. The van der Waals surface area contributed by atoms with Crippen molar-refractivity contribution in [2.24, 2.45) is 0 Å². The molecule has 0 spiro atoms. The molecular weight excluding hydrogens is 210 g/mol. The van der Waals surface area contributed by atoms with Crippen LogP contribution in [0.1, 0.15) is 15.6 Å². The van der Waals surface area contributed by atoms with E-state index in [0.717, 1.165) is 10.7 Å². The van der Waals surface area contributed by atoms with Crippen molar-refractivity contribution in [3.8, 4) is 0 Å². The second kappa shape index (κ2) is 3.94. The van der Waals surface area contributed by atoms with Gasteiger partial charge >= 0.3 is 5.69 Å². The summed E-state index contributed by atoms with van der Waals surface area (Å²) in [4.78, 5) is 20.6. The van der Waals surface area contributed by atoms with Crippen molar-refractivity contribution < 1.29 is 0 Å². The Bertz CT molecular complexity index is 510. The normalized spacial score (nSPS) is 10.5. The molecule has 15 heavy (non-hydrogen) atoms. The fraction of sp³-hybridized carbons (Fsp3) is 0.300. The van der Waals surface area contributed by atoms with Gasteiger partial charge in [0.15, 0.2) is 0 Å². The molecule has 0 radical (unpaired) electrons. The Morgan fingerprint density at radius 2 is 2.27 bits per heavy atom. The van der Waals surface area contributed by atoms with Gasteiger partial charge in [-0.05, 0) is 19.9 Å². The van der Waals surface area contributed by atoms with Gasteiger partial charge in [-0.15, -0.1) is 11.3 Å². The smallest absolute Gasteiger partial charge is 0.292 e. The molecule has 2 aromatic rings. The van der Waals surface area contributed by atoms with E-state index in [4.69, 9.17) is 0 Å². The summed E-state index contributed by atoms with van der Waals surface area (Å²) in [6, 6.07) is 1.74. The maximum atomic E-state index is 11.3. The zero-order valence-corrected chi connectivity index (χ0v) is 9.41. The van der Waals surface area contributed by atoms with Gasteiger partial charge in [-0.3, -0.25) is 4.57 Å². The summed E-state index contributed by atoms with van der Waals surface area (Å²) in [7, 11) is 0. The van der Waals surface area contributed by atoms with Gasteiger partial charge in [0.1, 0.15) is 5.01 Å². The maximum absolute atomic E-state index is 11.3. The van der Waals surface area contributed by atoms with Crippen LogP contribution in [0.2, 0.25) is 0 Å². The minimum Gasteiger partial charge on any atom is -0.292 e. The highest BCUT2D eigenvalue weighted by Crippen LogP contribution is 2.16. The fourth-order valence-electron chi connectivity index (χ4n) is 1.26. The lowest BCUT2D eigenvalue weighted by Crippen LogP contribution is -2.21. The van der Waals surface area contributed by atoms with Crippen molar-refractivity contribution in [3.05, 3.63) is 44.5 Å². The Morgan fingerprint density at radius 1 is 1.47 bits per heavy atom. The Morgan fingerprint density at radius 3 is 2.87 bits per heavy atom. The van der Waals surface area contributed by atoms with Crippen LogP contribution in [0.15, 0.2) is 23.3 Å². The number of nitrogens with zero attached hydrogens (tertiary/aromatic N) is 3. The van der Waals surface area contributed by atoms with Gasteiger partial charge in [0.2, 0.25) is 0 Å². The monoisotopic (exact) mass is 221 g/mol. The molecule has 0 saturated carbocycles. The van der Waals surface area contributed by atoms with E-state index in [0.29, 0.717) is 6.54 Å². The topological polar surface area (TPSA) is 47.8 Å². The van der Waals surface area contributed by atoms with E-state index in [1.54, 1.807) is 28.2 Å². The molecule has 4 nitrogen and oxygen atoms in total.